The average molecular weight is 415 g/mol. The van der Waals surface area contributed by atoms with Gasteiger partial charge in [-0.1, -0.05) is 56.7 Å². The lowest BCUT2D eigenvalue weighted by Gasteiger charge is -2.28. The fourth-order valence-electron chi connectivity index (χ4n) is 3.58. The van der Waals surface area contributed by atoms with Crippen molar-refractivity contribution in [3.8, 4) is 0 Å². The van der Waals surface area contributed by atoms with E-state index in [0.717, 1.165) is 48.3 Å². The smallest absolute Gasteiger partial charge is 0.254 e. The fraction of sp³-hybridized carbons (Fsp3) is 0.500. The Morgan fingerprint density at radius 2 is 1.67 bits per heavy atom. The molecule has 1 aromatic rings. The molecule has 0 aliphatic carbocycles. The van der Waals surface area contributed by atoms with Gasteiger partial charge in [0.1, 0.15) is 6.04 Å². The largest absolute Gasteiger partial charge is 0.326 e. The maximum absolute atomic E-state index is 12.5. The monoisotopic (exact) mass is 415 g/mol. The quantitative estimate of drug-likeness (QED) is 0.243. The molecule has 2 unspecified atom stereocenters. The Morgan fingerprint density at radius 1 is 1.07 bits per heavy atom. The van der Waals surface area contributed by atoms with E-state index in [1.165, 1.54) is 0 Å². The molecule has 0 spiro atoms. The molecule has 0 bridgehead atoms. The highest BCUT2D eigenvalue weighted by Crippen LogP contribution is 2.23. The maximum atomic E-state index is 12.5. The second-order valence-electron chi connectivity index (χ2n) is 7.62. The molecule has 0 fully saturated rings. The van der Waals surface area contributed by atoms with Gasteiger partial charge in [0.05, 0.1) is 6.42 Å². The van der Waals surface area contributed by atoms with E-state index in [1.807, 2.05) is 19.1 Å². The van der Waals surface area contributed by atoms with Gasteiger partial charge < -0.3 is 5.32 Å². The van der Waals surface area contributed by atoms with Crippen molar-refractivity contribution in [2.24, 2.45) is 0 Å². The summed E-state index contributed by atoms with van der Waals surface area (Å²) in [4.78, 5) is 49.1. The molecule has 1 aliphatic rings. The molecule has 30 heavy (non-hydrogen) atoms. The first kappa shape index (κ1) is 23.3. The highest BCUT2D eigenvalue weighted by molar-refractivity contribution is 6.13. The van der Waals surface area contributed by atoms with Crippen molar-refractivity contribution in [3.63, 3.8) is 0 Å². The molecule has 0 aromatic heterocycles. The van der Waals surface area contributed by atoms with E-state index in [0.29, 0.717) is 18.5 Å². The van der Waals surface area contributed by atoms with Crippen LogP contribution in [-0.2, 0) is 14.4 Å². The summed E-state index contributed by atoms with van der Waals surface area (Å²) in [6, 6.07) is 4.77. The SMILES string of the molecule is CCCCCCCC(C(CC(=O)Nc1ccc(C)cc1)[N+](=O)[O-])N1C(=O)C=CC1=O. The maximum Gasteiger partial charge on any atom is 0.254 e. The summed E-state index contributed by atoms with van der Waals surface area (Å²) in [5.41, 5.74) is 1.57. The van der Waals surface area contributed by atoms with Crippen LogP contribution in [0, 0.1) is 17.0 Å². The van der Waals surface area contributed by atoms with Gasteiger partial charge in [-0.15, -0.1) is 0 Å². The zero-order chi connectivity index (χ0) is 22.1. The van der Waals surface area contributed by atoms with Crippen molar-refractivity contribution in [1.29, 1.82) is 0 Å². The number of nitro groups is 1. The minimum absolute atomic E-state index is 0.298. The molecule has 2 rings (SSSR count). The van der Waals surface area contributed by atoms with Gasteiger partial charge in [0.25, 0.3) is 11.8 Å². The number of carbonyl (C=O) groups is 3. The van der Waals surface area contributed by atoms with E-state index in [2.05, 4.69) is 12.2 Å². The van der Waals surface area contributed by atoms with E-state index in [1.54, 1.807) is 12.1 Å². The Hall–Kier alpha value is -3.03. The highest BCUT2D eigenvalue weighted by Gasteiger charge is 2.42. The van der Waals surface area contributed by atoms with Crippen molar-refractivity contribution in [1.82, 2.24) is 4.90 Å². The molecule has 0 saturated carbocycles. The number of hydrogen-bond acceptors (Lipinski definition) is 5. The van der Waals surface area contributed by atoms with Crippen LogP contribution in [0.2, 0.25) is 0 Å². The van der Waals surface area contributed by atoms with E-state index in [-0.39, 0.29) is 0 Å². The first-order valence-electron chi connectivity index (χ1n) is 10.4. The van der Waals surface area contributed by atoms with Crippen LogP contribution in [-0.4, -0.2) is 39.6 Å². The van der Waals surface area contributed by atoms with Crippen molar-refractivity contribution >= 4 is 23.4 Å². The number of benzene rings is 1. The lowest BCUT2D eigenvalue weighted by molar-refractivity contribution is -0.528. The third kappa shape index (κ3) is 6.50. The number of nitrogens with zero attached hydrogens (tertiary/aromatic N) is 2. The van der Waals surface area contributed by atoms with Crippen molar-refractivity contribution < 1.29 is 19.3 Å². The summed E-state index contributed by atoms with van der Waals surface area (Å²) in [5.74, 6) is -1.66. The molecule has 8 nitrogen and oxygen atoms in total. The van der Waals surface area contributed by atoms with Gasteiger partial charge in [0, 0.05) is 22.8 Å². The molecule has 1 heterocycles. The van der Waals surface area contributed by atoms with Crippen LogP contribution >= 0.6 is 0 Å². The first-order chi connectivity index (χ1) is 14.3. The number of hydrogen-bond donors (Lipinski definition) is 1. The third-order valence-electron chi connectivity index (χ3n) is 5.22. The molecular weight excluding hydrogens is 386 g/mol. The van der Waals surface area contributed by atoms with Crippen LogP contribution in [0.25, 0.3) is 0 Å². The molecule has 8 heteroatoms. The lowest BCUT2D eigenvalue weighted by atomic mass is 9.96. The number of rotatable bonds is 12. The molecule has 1 N–H and O–H groups in total. The Bertz CT molecular complexity index is 785. The Labute approximate surface area is 176 Å². The van der Waals surface area contributed by atoms with Gasteiger partial charge in [-0.05, 0) is 25.5 Å². The standard InChI is InChI=1S/C22H29N3O5/c1-3-4-5-6-7-8-18(24-21(27)13-14-22(24)28)19(25(29)30)15-20(26)23-17-11-9-16(2)10-12-17/h9-14,18-19H,3-8,15H2,1-2H3,(H,23,26). The molecular formula is C22H29N3O5. The zero-order valence-electron chi connectivity index (χ0n) is 17.5. The van der Waals surface area contributed by atoms with E-state index < -0.39 is 41.1 Å². The summed E-state index contributed by atoms with van der Waals surface area (Å²) in [6.07, 6.45) is 6.73. The van der Waals surface area contributed by atoms with Crippen LogP contribution < -0.4 is 5.32 Å². The Kier molecular flexibility index (Phi) is 8.70. The number of aryl methyl sites for hydroxylation is 1. The second kappa shape index (κ2) is 11.2. The van der Waals surface area contributed by atoms with Crippen molar-refractivity contribution in [2.45, 2.75) is 70.9 Å². The first-order valence-corrected chi connectivity index (χ1v) is 10.4. The number of imide groups is 1. The zero-order valence-corrected chi connectivity index (χ0v) is 17.5. The fourth-order valence-corrected chi connectivity index (χ4v) is 3.58. The van der Waals surface area contributed by atoms with Crippen LogP contribution in [0.5, 0.6) is 0 Å². The van der Waals surface area contributed by atoms with E-state index in [9.17, 15) is 24.5 Å². The predicted octanol–water partition coefficient (Wildman–Crippen LogP) is 3.62. The number of amides is 3. The third-order valence-corrected chi connectivity index (χ3v) is 5.22. The molecule has 3 amide bonds. The summed E-state index contributed by atoms with van der Waals surface area (Å²) in [5, 5.41) is 14.5. The van der Waals surface area contributed by atoms with E-state index in [4.69, 9.17) is 0 Å². The Balaban J connectivity index is 2.12. The van der Waals surface area contributed by atoms with Gasteiger partial charge in [-0.2, -0.15) is 0 Å². The molecule has 0 radical (unpaired) electrons. The van der Waals surface area contributed by atoms with Crippen LogP contribution in [0.15, 0.2) is 36.4 Å². The summed E-state index contributed by atoms with van der Waals surface area (Å²) < 4.78 is 0. The molecule has 1 aliphatic heterocycles. The topological polar surface area (TPSA) is 110 Å². The number of nitrogens with one attached hydrogen (secondary N) is 1. The average Bonchev–Trinajstić information content (AvgIpc) is 3.03. The second-order valence-corrected chi connectivity index (χ2v) is 7.62. The minimum atomic E-state index is -1.37. The molecule has 0 saturated heterocycles. The number of unbranched alkanes of at least 4 members (excludes halogenated alkanes) is 4. The predicted molar refractivity (Wildman–Crippen MR) is 113 cm³/mol. The van der Waals surface area contributed by atoms with Gasteiger partial charge >= 0.3 is 0 Å². The van der Waals surface area contributed by atoms with E-state index >= 15 is 0 Å². The molecule has 162 valence electrons. The lowest BCUT2D eigenvalue weighted by Crippen LogP contribution is -2.51. The molecule has 1 aromatic carbocycles. The highest BCUT2D eigenvalue weighted by atomic mass is 16.6. The van der Waals surface area contributed by atoms with Gasteiger partial charge in [0.15, 0.2) is 0 Å². The van der Waals surface area contributed by atoms with Crippen LogP contribution in [0.3, 0.4) is 0 Å². The molecule has 2 atom stereocenters. The summed E-state index contributed by atoms with van der Waals surface area (Å²) in [6.45, 7) is 4.00. The van der Waals surface area contributed by atoms with Gasteiger partial charge in [-0.3, -0.25) is 29.4 Å². The number of anilines is 1. The minimum Gasteiger partial charge on any atom is -0.326 e. The van der Waals surface area contributed by atoms with Crippen LogP contribution in [0.1, 0.15) is 57.4 Å². The van der Waals surface area contributed by atoms with Crippen LogP contribution in [0.4, 0.5) is 5.69 Å². The number of carbonyl (C=O) groups excluding carboxylic acids is 3. The Morgan fingerprint density at radius 3 is 2.23 bits per heavy atom. The van der Waals surface area contributed by atoms with Crippen molar-refractivity contribution in [2.75, 3.05) is 5.32 Å². The van der Waals surface area contributed by atoms with Crippen molar-refractivity contribution in [3.05, 3.63) is 52.1 Å². The summed E-state index contributed by atoms with van der Waals surface area (Å²) in [7, 11) is 0. The van der Waals surface area contributed by atoms with Gasteiger partial charge in [-0.25, -0.2) is 0 Å². The normalized spacial score (nSPS) is 15.3. The van der Waals surface area contributed by atoms with Gasteiger partial charge in [0.2, 0.25) is 11.9 Å². The summed E-state index contributed by atoms with van der Waals surface area (Å²) >= 11 is 0.